The maximum Gasteiger partial charge on any atom is 0.228 e. The van der Waals surface area contributed by atoms with Crippen LogP contribution in [0.1, 0.15) is 18.4 Å². The molecule has 3 rings (SSSR count). The molecule has 0 spiro atoms. The number of nitrogens with zero attached hydrogens (tertiary/aromatic N) is 2. The van der Waals surface area contributed by atoms with E-state index in [2.05, 4.69) is 10.4 Å². The summed E-state index contributed by atoms with van der Waals surface area (Å²) in [5, 5.41) is 7.06. The molecule has 1 aromatic heterocycles. The summed E-state index contributed by atoms with van der Waals surface area (Å²) < 4.78 is 14.5. The third-order valence-electron chi connectivity index (χ3n) is 3.10. The Balaban J connectivity index is 1.64. The number of carbonyl (C=O) groups excluding carboxylic acids is 1. The summed E-state index contributed by atoms with van der Waals surface area (Å²) in [4.78, 5) is 11.6. The van der Waals surface area contributed by atoms with Gasteiger partial charge < -0.3 is 5.32 Å². The SMILES string of the molecule is O=C(Nc1ccn(Cc2ccc(F)cc2)n1)C1CC1. The zero-order valence-electron chi connectivity index (χ0n) is 10.3. The van der Waals surface area contributed by atoms with Crippen LogP contribution in [0.15, 0.2) is 36.5 Å². The monoisotopic (exact) mass is 259 g/mol. The van der Waals surface area contributed by atoms with Crippen LogP contribution in [0.5, 0.6) is 0 Å². The minimum absolute atomic E-state index is 0.0482. The van der Waals surface area contributed by atoms with Crippen LogP contribution in [0.25, 0.3) is 0 Å². The largest absolute Gasteiger partial charge is 0.309 e. The number of hydrogen-bond acceptors (Lipinski definition) is 2. The molecule has 5 heteroatoms. The first-order valence-electron chi connectivity index (χ1n) is 6.29. The molecule has 4 nitrogen and oxygen atoms in total. The maximum atomic E-state index is 12.8. The third kappa shape index (κ3) is 2.99. The molecule has 1 fully saturated rings. The lowest BCUT2D eigenvalue weighted by Gasteiger charge is -2.02. The molecule has 0 unspecified atom stereocenters. The molecular formula is C14H14FN3O. The Labute approximate surface area is 110 Å². The molecule has 19 heavy (non-hydrogen) atoms. The van der Waals surface area contributed by atoms with Crippen molar-refractivity contribution in [3.05, 3.63) is 47.9 Å². The van der Waals surface area contributed by atoms with Gasteiger partial charge in [0, 0.05) is 18.2 Å². The van der Waals surface area contributed by atoms with Crippen LogP contribution in [0.2, 0.25) is 0 Å². The van der Waals surface area contributed by atoms with Crippen molar-refractivity contribution in [2.24, 2.45) is 5.92 Å². The van der Waals surface area contributed by atoms with Crippen LogP contribution in [-0.4, -0.2) is 15.7 Å². The normalized spacial score (nSPS) is 14.4. The lowest BCUT2D eigenvalue weighted by molar-refractivity contribution is -0.117. The number of anilines is 1. The van der Waals surface area contributed by atoms with Crippen molar-refractivity contribution in [1.82, 2.24) is 9.78 Å². The number of rotatable bonds is 4. The van der Waals surface area contributed by atoms with Crippen LogP contribution in [-0.2, 0) is 11.3 Å². The summed E-state index contributed by atoms with van der Waals surface area (Å²) >= 11 is 0. The van der Waals surface area contributed by atoms with Gasteiger partial charge in [-0.05, 0) is 30.5 Å². The van der Waals surface area contributed by atoms with E-state index in [-0.39, 0.29) is 17.6 Å². The number of hydrogen-bond donors (Lipinski definition) is 1. The van der Waals surface area contributed by atoms with E-state index < -0.39 is 0 Å². The van der Waals surface area contributed by atoms with Crippen LogP contribution in [0.4, 0.5) is 10.2 Å². The first-order chi connectivity index (χ1) is 9.20. The highest BCUT2D eigenvalue weighted by atomic mass is 19.1. The fourth-order valence-electron chi connectivity index (χ4n) is 1.87. The Bertz CT molecular complexity index is 587. The van der Waals surface area contributed by atoms with Gasteiger partial charge in [0.25, 0.3) is 0 Å². The highest BCUT2D eigenvalue weighted by molar-refractivity contribution is 5.93. The summed E-state index contributed by atoms with van der Waals surface area (Å²) in [6.45, 7) is 0.555. The Morgan fingerprint density at radius 2 is 2.05 bits per heavy atom. The summed E-state index contributed by atoms with van der Waals surface area (Å²) in [7, 11) is 0. The van der Waals surface area contributed by atoms with E-state index in [1.807, 2.05) is 0 Å². The molecule has 1 heterocycles. The van der Waals surface area contributed by atoms with E-state index in [0.29, 0.717) is 12.4 Å². The number of carbonyl (C=O) groups is 1. The Morgan fingerprint density at radius 3 is 2.74 bits per heavy atom. The van der Waals surface area contributed by atoms with E-state index in [0.717, 1.165) is 18.4 Å². The van der Waals surface area contributed by atoms with Gasteiger partial charge in [-0.25, -0.2) is 4.39 Å². The number of benzene rings is 1. The van der Waals surface area contributed by atoms with Crippen LogP contribution in [0.3, 0.4) is 0 Å². The van der Waals surface area contributed by atoms with E-state index >= 15 is 0 Å². The van der Waals surface area contributed by atoms with Gasteiger partial charge in [-0.2, -0.15) is 5.10 Å². The molecule has 1 aromatic carbocycles. The van der Waals surface area contributed by atoms with Crippen LogP contribution >= 0.6 is 0 Å². The summed E-state index contributed by atoms with van der Waals surface area (Å²) in [5.41, 5.74) is 0.963. The van der Waals surface area contributed by atoms with Gasteiger partial charge >= 0.3 is 0 Å². The van der Waals surface area contributed by atoms with Gasteiger partial charge in [0.05, 0.1) is 6.54 Å². The molecular weight excluding hydrogens is 245 g/mol. The number of amides is 1. The predicted molar refractivity (Wildman–Crippen MR) is 69.1 cm³/mol. The highest BCUT2D eigenvalue weighted by Crippen LogP contribution is 2.29. The topological polar surface area (TPSA) is 46.9 Å². The van der Waals surface area contributed by atoms with Gasteiger partial charge in [-0.15, -0.1) is 0 Å². The molecule has 1 N–H and O–H groups in total. The van der Waals surface area contributed by atoms with Crippen molar-refractivity contribution in [3.63, 3.8) is 0 Å². The second-order valence-corrected chi connectivity index (χ2v) is 4.79. The fourth-order valence-corrected chi connectivity index (χ4v) is 1.87. The standard InChI is InChI=1S/C14H14FN3O/c15-12-5-1-10(2-6-12)9-18-8-7-13(17-18)16-14(19)11-3-4-11/h1-2,5-8,11H,3-4,9H2,(H,16,17,19). The average Bonchev–Trinajstić information content (AvgIpc) is 3.16. The quantitative estimate of drug-likeness (QED) is 0.916. The zero-order valence-corrected chi connectivity index (χ0v) is 10.3. The Kier molecular flexibility index (Phi) is 3.03. The molecule has 0 radical (unpaired) electrons. The van der Waals surface area contributed by atoms with Gasteiger partial charge in [-0.1, -0.05) is 12.1 Å². The van der Waals surface area contributed by atoms with E-state index in [4.69, 9.17) is 0 Å². The number of aromatic nitrogens is 2. The molecule has 2 aromatic rings. The van der Waals surface area contributed by atoms with Crippen molar-refractivity contribution in [3.8, 4) is 0 Å². The number of halogens is 1. The van der Waals surface area contributed by atoms with Crippen molar-refractivity contribution >= 4 is 11.7 Å². The summed E-state index contributed by atoms with van der Waals surface area (Å²) in [6.07, 6.45) is 3.75. The molecule has 0 bridgehead atoms. The molecule has 0 saturated heterocycles. The Morgan fingerprint density at radius 1 is 1.32 bits per heavy atom. The van der Waals surface area contributed by atoms with Gasteiger partial charge in [-0.3, -0.25) is 9.48 Å². The average molecular weight is 259 g/mol. The predicted octanol–water partition coefficient (Wildman–Crippen LogP) is 2.42. The minimum Gasteiger partial charge on any atom is -0.309 e. The molecule has 1 saturated carbocycles. The summed E-state index contributed by atoms with van der Waals surface area (Å²) in [5.74, 6) is 0.537. The smallest absolute Gasteiger partial charge is 0.228 e. The molecule has 98 valence electrons. The molecule has 1 amide bonds. The van der Waals surface area contributed by atoms with Crippen molar-refractivity contribution in [2.75, 3.05) is 5.32 Å². The van der Waals surface area contributed by atoms with E-state index in [1.54, 1.807) is 29.1 Å². The van der Waals surface area contributed by atoms with Crippen molar-refractivity contribution < 1.29 is 9.18 Å². The second kappa shape index (κ2) is 4.84. The van der Waals surface area contributed by atoms with Gasteiger partial charge in [0.15, 0.2) is 5.82 Å². The second-order valence-electron chi connectivity index (χ2n) is 4.79. The molecule has 0 atom stereocenters. The van der Waals surface area contributed by atoms with E-state index in [1.165, 1.54) is 12.1 Å². The third-order valence-corrected chi connectivity index (χ3v) is 3.10. The maximum absolute atomic E-state index is 12.8. The van der Waals surface area contributed by atoms with Crippen LogP contribution < -0.4 is 5.32 Å². The first kappa shape index (κ1) is 11.9. The lowest BCUT2D eigenvalue weighted by Crippen LogP contribution is -2.14. The minimum atomic E-state index is -0.249. The van der Waals surface area contributed by atoms with E-state index in [9.17, 15) is 9.18 Å². The van der Waals surface area contributed by atoms with Crippen molar-refractivity contribution in [1.29, 1.82) is 0 Å². The molecule has 1 aliphatic rings. The molecule has 1 aliphatic carbocycles. The van der Waals surface area contributed by atoms with Gasteiger partial charge in [0.2, 0.25) is 5.91 Å². The lowest BCUT2D eigenvalue weighted by atomic mass is 10.2. The number of nitrogens with one attached hydrogen (secondary N) is 1. The van der Waals surface area contributed by atoms with Crippen molar-refractivity contribution in [2.45, 2.75) is 19.4 Å². The molecule has 0 aliphatic heterocycles. The zero-order chi connectivity index (χ0) is 13.2. The summed E-state index contributed by atoms with van der Waals surface area (Å²) in [6, 6.07) is 8.06. The Hall–Kier alpha value is -2.17. The fraction of sp³-hybridized carbons (Fsp3) is 0.286. The first-order valence-corrected chi connectivity index (χ1v) is 6.29. The van der Waals surface area contributed by atoms with Crippen LogP contribution in [0, 0.1) is 11.7 Å². The van der Waals surface area contributed by atoms with Gasteiger partial charge in [0.1, 0.15) is 5.82 Å². The highest BCUT2D eigenvalue weighted by Gasteiger charge is 2.29.